The summed E-state index contributed by atoms with van der Waals surface area (Å²) in [5, 5.41) is 4.07. The van der Waals surface area contributed by atoms with E-state index in [1.165, 1.54) is 0 Å². The van der Waals surface area contributed by atoms with Crippen LogP contribution in [-0.4, -0.2) is 0 Å². The molecule has 0 aliphatic carbocycles. The minimum atomic E-state index is 1.12. The maximum Gasteiger partial charge on any atom is 0.0352 e. The molecule has 0 spiro atoms. The van der Waals surface area contributed by atoms with Gasteiger partial charge in [0.25, 0.3) is 0 Å². The third-order valence-electron chi connectivity index (χ3n) is 0.791. The van der Waals surface area contributed by atoms with Gasteiger partial charge in [-0.05, 0) is 18.4 Å². The Kier molecular flexibility index (Phi) is 5.91. The average molecular weight is 152 g/mol. The van der Waals surface area contributed by atoms with Gasteiger partial charge in [0.05, 0.1) is 0 Å². The van der Waals surface area contributed by atoms with Gasteiger partial charge in [0, 0.05) is 10.9 Å². The number of thiophene rings is 1. The molecule has 0 aliphatic rings. The van der Waals surface area contributed by atoms with Crippen molar-refractivity contribution >= 4 is 11.3 Å². The molecule has 1 heteroatoms. The second-order valence-corrected chi connectivity index (χ2v) is 2.17. The fourth-order valence-corrected chi connectivity index (χ4v) is 1.07. The summed E-state index contributed by atoms with van der Waals surface area (Å²) in [6.07, 6.45) is 0. The smallest absolute Gasteiger partial charge is 0.0352 e. The van der Waals surface area contributed by atoms with E-state index in [1.54, 1.807) is 11.3 Å². The molecule has 0 aliphatic heterocycles. The van der Waals surface area contributed by atoms with Gasteiger partial charge in [0.2, 0.25) is 0 Å². The zero-order valence-corrected chi connectivity index (χ0v) is 7.46. The van der Waals surface area contributed by atoms with E-state index in [4.69, 9.17) is 0 Å². The molecule has 54 valence electrons. The Bertz CT molecular complexity index is 198. The van der Waals surface area contributed by atoms with Gasteiger partial charge in [-0.25, -0.2) is 0 Å². The first kappa shape index (κ1) is 9.26. The lowest BCUT2D eigenvalue weighted by Crippen LogP contribution is -1.57. The van der Waals surface area contributed by atoms with Crippen LogP contribution in [0.4, 0.5) is 0 Å². The van der Waals surface area contributed by atoms with Crippen molar-refractivity contribution in [2.45, 2.75) is 20.8 Å². The maximum absolute atomic E-state index is 2.95. The largest absolute Gasteiger partial charge is 0.151 e. The third kappa shape index (κ3) is 3.32. The highest BCUT2D eigenvalue weighted by molar-refractivity contribution is 7.08. The van der Waals surface area contributed by atoms with Crippen molar-refractivity contribution in [1.82, 2.24) is 0 Å². The first-order chi connectivity index (χ1) is 4.93. The molecule has 0 saturated carbocycles. The van der Waals surface area contributed by atoms with E-state index in [0.717, 1.165) is 5.56 Å². The zero-order chi connectivity index (χ0) is 7.82. The van der Waals surface area contributed by atoms with E-state index < -0.39 is 0 Å². The van der Waals surface area contributed by atoms with E-state index in [-0.39, 0.29) is 0 Å². The predicted molar refractivity (Wildman–Crippen MR) is 48.2 cm³/mol. The molecule has 1 heterocycles. The van der Waals surface area contributed by atoms with Gasteiger partial charge in [-0.2, -0.15) is 11.3 Å². The molecular weight excluding hydrogens is 140 g/mol. The van der Waals surface area contributed by atoms with Crippen molar-refractivity contribution in [2.24, 2.45) is 0 Å². The summed E-state index contributed by atoms with van der Waals surface area (Å²) in [5.74, 6) is 5.77. The molecule has 1 aromatic rings. The number of hydrogen-bond donors (Lipinski definition) is 0. The third-order valence-corrected chi connectivity index (χ3v) is 1.47. The Morgan fingerprint density at radius 1 is 1.40 bits per heavy atom. The van der Waals surface area contributed by atoms with Gasteiger partial charge >= 0.3 is 0 Å². The van der Waals surface area contributed by atoms with Crippen LogP contribution < -0.4 is 0 Å². The summed E-state index contributed by atoms with van der Waals surface area (Å²) in [6, 6.07) is 2.02. The Balaban J connectivity index is 0.000000371. The van der Waals surface area contributed by atoms with E-state index in [0.29, 0.717) is 0 Å². The molecule has 0 aromatic carbocycles. The van der Waals surface area contributed by atoms with Gasteiger partial charge in [-0.1, -0.05) is 19.8 Å². The maximum atomic E-state index is 2.95. The van der Waals surface area contributed by atoms with Crippen LogP contribution in [0.3, 0.4) is 0 Å². The highest BCUT2D eigenvalue weighted by atomic mass is 32.1. The number of hydrogen-bond acceptors (Lipinski definition) is 1. The minimum Gasteiger partial charge on any atom is -0.151 e. The minimum absolute atomic E-state index is 1.12. The Labute approximate surface area is 66.9 Å². The predicted octanol–water partition coefficient (Wildman–Crippen LogP) is 3.15. The molecule has 10 heavy (non-hydrogen) atoms. The second-order valence-electron chi connectivity index (χ2n) is 1.39. The number of rotatable bonds is 0. The zero-order valence-electron chi connectivity index (χ0n) is 6.64. The fraction of sp³-hybridized carbons (Fsp3) is 0.333. The molecule has 0 amide bonds. The quantitative estimate of drug-likeness (QED) is 0.501. The molecule has 0 nitrogen and oxygen atoms in total. The summed E-state index contributed by atoms with van der Waals surface area (Å²) in [7, 11) is 0. The van der Waals surface area contributed by atoms with Gasteiger partial charge in [0.15, 0.2) is 0 Å². The van der Waals surface area contributed by atoms with Crippen LogP contribution in [0.1, 0.15) is 26.3 Å². The summed E-state index contributed by atoms with van der Waals surface area (Å²) < 4.78 is 0. The van der Waals surface area contributed by atoms with Gasteiger partial charge in [-0.3, -0.25) is 0 Å². The monoisotopic (exact) mass is 152 g/mol. The summed E-state index contributed by atoms with van der Waals surface area (Å²) >= 11 is 1.68. The van der Waals surface area contributed by atoms with Gasteiger partial charge in [0.1, 0.15) is 0 Å². The lowest BCUT2D eigenvalue weighted by Gasteiger charge is -1.69. The van der Waals surface area contributed by atoms with Crippen molar-refractivity contribution in [3.05, 3.63) is 22.4 Å². The van der Waals surface area contributed by atoms with Gasteiger partial charge in [-0.15, -0.1) is 5.92 Å². The van der Waals surface area contributed by atoms with Crippen LogP contribution in [-0.2, 0) is 0 Å². The van der Waals surface area contributed by atoms with E-state index in [2.05, 4.69) is 11.8 Å². The molecule has 1 aromatic heterocycles. The first-order valence-corrected chi connectivity index (χ1v) is 4.32. The van der Waals surface area contributed by atoms with Crippen LogP contribution in [0.5, 0.6) is 0 Å². The van der Waals surface area contributed by atoms with Crippen LogP contribution in [0, 0.1) is 11.8 Å². The van der Waals surface area contributed by atoms with E-state index >= 15 is 0 Å². The van der Waals surface area contributed by atoms with Gasteiger partial charge < -0.3 is 0 Å². The molecule has 0 unspecified atom stereocenters. The van der Waals surface area contributed by atoms with Crippen molar-refractivity contribution in [3.63, 3.8) is 0 Å². The molecule has 0 fully saturated rings. The topological polar surface area (TPSA) is 0 Å². The van der Waals surface area contributed by atoms with Crippen LogP contribution in [0.2, 0.25) is 0 Å². The van der Waals surface area contributed by atoms with Crippen LogP contribution in [0.25, 0.3) is 0 Å². The molecule has 0 N–H and O–H groups in total. The molecule has 0 bridgehead atoms. The van der Waals surface area contributed by atoms with Crippen molar-refractivity contribution < 1.29 is 0 Å². The van der Waals surface area contributed by atoms with Crippen LogP contribution >= 0.6 is 11.3 Å². The average Bonchev–Trinajstić information content (AvgIpc) is 2.46. The standard InChI is InChI=1S/C7H6S.C2H6/c1-2-3-7-4-5-8-6-7;1-2/h4-6H,1H3;1-2H3. The Morgan fingerprint density at radius 2 is 2.10 bits per heavy atom. The fourth-order valence-electron chi connectivity index (χ4n) is 0.480. The Hall–Kier alpha value is -0.740. The van der Waals surface area contributed by atoms with E-state index in [1.807, 2.05) is 37.6 Å². The van der Waals surface area contributed by atoms with E-state index in [9.17, 15) is 0 Å². The molecular formula is C9H12S. The normalized spacial score (nSPS) is 6.70. The highest BCUT2D eigenvalue weighted by Crippen LogP contribution is 2.02. The summed E-state index contributed by atoms with van der Waals surface area (Å²) in [5.41, 5.74) is 1.12. The summed E-state index contributed by atoms with van der Waals surface area (Å²) in [4.78, 5) is 0. The Morgan fingerprint density at radius 3 is 2.50 bits per heavy atom. The second kappa shape index (κ2) is 6.38. The summed E-state index contributed by atoms with van der Waals surface area (Å²) in [6.45, 7) is 5.84. The van der Waals surface area contributed by atoms with Crippen molar-refractivity contribution in [1.29, 1.82) is 0 Å². The molecule has 0 saturated heterocycles. The molecule has 0 atom stereocenters. The van der Waals surface area contributed by atoms with Crippen LogP contribution in [0.15, 0.2) is 16.8 Å². The lowest BCUT2D eigenvalue weighted by atomic mass is 10.3. The SMILES string of the molecule is CC.CC#Cc1ccsc1. The van der Waals surface area contributed by atoms with Crippen molar-refractivity contribution in [3.8, 4) is 11.8 Å². The molecule has 1 rings (SSSR count). The lowest BCUT2D eigenvalue weighted by molar-refractivity contribution is 1.50. The first-order valence-electron chi connectivity index (χ1n) is 3.38. The van der Waals surface area contributed by atoms with Crippen molar-refractivity contribution in [2.75, 3.05) is 0 Å². The highest BCUT2D eigenvalue weighted by Gasteiger charge is 1.80. The molecule has 0 radical (unpaired) electrons.